The number of hydrogen-bond donors (Lipinski definition) is 3. The van der Waals surface area contributed by atoms with Crippen LogP contribution in [0.2, 0.25) is 0 Å². The van der Waals surface area contributed by atoms with Gasteiger partial charge in [-0.15, -0.1) is 0 Å². The van der Waals surface area contributed by atoms with E-state index in [2.05, 4.69) is 0 Å². The van der Waals surface area contributed by atoms with Gasteiger partial charge in [0.05, 0.1) is 11.5 Å². The van der Waals surface area contributed by atoms with E-state index < -0.39 is 23.7 Å². The maximum Gasteiger partial charge on any atom is 0.269 e. The molecule has 0 radical (unpaired) electrons. The molecule has 88 valence electrons. The molecule has 16 heavy (non-hydrogen) atoms. The van der Waals surface area contributed by atoms with Gasteiger partial charge in [-0.3, -0.25) is 10.1 Å². The molecule has 1 rings (SSSR count). The Bertz CT molecular complexity index is 393. The lowest BCUT2D eigenvalue weighted by molar-refractivity contribution is -0.384. The van der Waals surface area contributed by atoms with E-state index in [0.29, 0.717) is 11.1 Å². The van der Waals surface area contributed by atoms with Gasteiger partial charge in [0.25, 0.3) is 5.69 Å². The highest BCUT2D eigenvalue weighted by molar-refractivity contribution is 5.40. The minimum atomic E-state index is -1.29. The first-order valence-corrected chi connectivity index (χ1v) is 4.69. The zero-order chi connectivity index (χ0) is 12.3. The molecule has 0 bridgehead atoms. The maximum atomic E-state index is 10.5. The highest BCUT2D eigenvalue weighted by Crippen LogP contribution is 2.24. The van der Waals surface area contributed by atoms with E-state index in [-0.39, 0.29) is 5.69 Å². The van der Waals surface area contributed by atoms with Crippen molar-refractivity contribution in [3.63, 3.8) is 0 Å². The predicted octanol–water partition coefficient (Wildman–Crippen LogP) is 0.290. The molecular formula is C10H13NO5. The van der Waals surface area contributed by atoms with Crippen molar-refractivity contribution in [1.82, 2.24) is 0 Å². The molecule has 2 atom stereocenters. The molecule has 0 saturated carbocycles. The van der Waals surface area contributed by atoms with Crippen LogP contribution < -0.4 is 0 Å². The molecule has 6 nitrogen and oxygen atoms in total. The van der Waals surface area contributed by atoms with Crippen LogP contribution in [0.4, 0.5) is 5.69 Å². The fourth-order valence-corrected chi connectivity index (χ4v) is 1.41. The Balaban J connectivity index is 3.03. The Labute approximate surface area is 91.9 Å². The van der Waals surface area contributed by atoms with E-state index in [4.69, 9.17) is 5.11 Å². The summed E-state index contributed by atoms with van der Waals surface area (Å²) in [7, 11) is 0. The third kappa shape index (κ3) is 2.54. The maximum absolute atomic E-state index is 10.5. The molecule has 0 amide bonds. The zero-order valence-electron chi connectivity index (χ0n) is 8.70. The Hall–Kier alpha value is -1.50. The van der Waals surface area contributed by atoms with E-state index in [1.807, 2.05) is 0 Å². The van der Waals surface area contributed by atoms with E-state index >= 15 is 0 Å². The van der Waals surface area contributed by atoms with Gasteiger partial charge in [-0.1, -0.05) is 0 Å². The molecule has 0 fully saturated rings. The van der Waals surface area contributed by atoms with Crippen molar-refractivity contribution >= 4 is 5.69 Å². The Kier molecular flexibility index (Phi) is 3.94. The topological polar surface area (TPSA) is 104 Å². The molecule has 0 saturated heterocycles. The molecule has 0 aliphatic heterocycles. The molecule has 0 spiro atoms. The minimum Gasteiger partial charge on any atom is -0.394 e. The summed E-state index contributed by atoms with van der Waals surface area (Å²) in [4.78, 5) is 9.94. The van der Waals surface area contributed by atoms with Crippen molar-refractivity contribution < 1.29 is 20.2 Å². The van der Waals surface area contributed by atoms with Gasteiger partial charge in [-0.25, -0.2) is 0 Å². The van der Waals surface area contributed by atoms with E-state index in [0.717, 1.165) is 0 Å². The Morgan fingerprint density at radius 2 is 2.06 bits per heavy atom. The van der Waals surface area contributed by atoms with Gasteiger partial charge >= 0.3 is 0 Å². The number of aliphatic hydroxyl groups excluding tert-OH is 3. The first-order chi connectivity index (χ1) is 7.47. The molecule has 6 heteroatoms. The van der Waals surface area contributed by atoms with Crippen molar-refractivity contribution in [2.75, 3.05) is 6.61 Å². The second-order valence-corrected chi connectivity index (χ2v) is 3.49. The van der Waals surface area contributed by atoms with Crippen LogP contribution in [-0.4, -0.2) is 33.0 Å². The monoisotopic (exact) mass is 227 g/mol. The third-order valence-corrected chi connectivity index (χ3v) is 2.33. The van der Waals surface area contributed by atoms with Gasteiger partial charge in [-0.05, 0) is 24.1 Å². The van der Waals surface area contributed by atoms with E-state index in [1.165, 1.54) is 18.2 Å². The predicted molar refractivity (Wildman–Crippen MR) is 55.9 cm³/mol. The largest absolute Gasteiger partial charge is 0.394 e. The highest BCUT2D eigenvalue weighted by atomic mass is 16.6. The smallest absolute Gasteiger partial charge is 0.269 e. The molecule has 1 aromatic rings. The van der Waals surface area contributed by atoms with Crippen molar-refractivity contribution in [2.45, 2.75) is 19.1 Å². The van der Waals surface area contributed by atoms with Gasteiger partial charge in [0, 0.05) is 12.1 Å². The quantitative estimate of drug-likeness (QED) is 0.506. The molecule has 0 aliphatic carbocycles. The lowest BCUT2D eigenvalue weighted by Gasteiger charge is -2.17. The average molecular weight is 227 g/mol. The third-order valence-electron chi connectivity index (χ3n) is 2.33. The fourth-order valence-electron chi connectivity index (χ4n) is 1.41. The summed E-state index contributed by atoms with van der Waals surface area (Å²) in [6.07, 6.45) is -2.54. The lowest BCUT2D eigenvalue weighted by atomic mass is 9.99. The van der Waals surface area contributed by atoms with Crippen LogP contribution in [0.3, 0.4) is 0 Å². The van der Waals surface area contributed by atoms with Crippen LogP contribution >= 0.6 is 0 Å². The standard InChI is InChI=1S/C10H13NO5/c1-6-4-7(11(15)16)2-3-8(6)10(14)9(13)5-12/h2-4,9-10,12-14H,5H2,1H3. The second kappa shape index (κ2) is 5.02. The molecular weight excluding hydrogens is 214 g/mol. The van der Waals surface area contributed by atoms with Crippen LogP contribution in [0.1, 0.15) is 17.2 Å². The van der Waals surface area contributed by atoms with Crippen LogP contribution in [0.15, 0.2) is 18.2 Å². The van der Waals surface area contributed by atoms with Gasteiger partial charge in [0.2, 0.25) is 0 Å². The summed E-state index contributed by atoms with van der Waals surface area (Å²) in [6, 6.07) is 3.93. The summed E-state index contributed by atoms with van der Waals surface area (Å²) in [5.41, 5.74) is 0.785. The number of hydrogen-bond acceptors (Lipinski definition) is 5. The number of aryl methyl sites for hydroxylation is 1. The first-order valence-electron chi connectivity index (χ1n) is 4.69. The summed E-state index contributed by atoms with van der Waals surface area (Å²) in [5.74, 6) is 0. The normalized spacial score (nSPS) is 14.5. The van der Waals surface area contributed by atoms with E-state index in [9.17, 15) is 20.3 Å². The zero-order valence-corrected chi connectivity index (χ0v) is 8.70. The number of rotatable bonds is 4. The molecule has 3 N–H and O–H groups in total. The summed E-state index contributed by atoms with van der Waals surface area (Å²) in [6.45, 7) is 1.02. The van der Waals surface area contributed by atoms with Crippen LogP contribution in [0, 0.1) is 17.0 Å². The molecule has 0 aromatic heterocycles. The molecule has 2 unspecified atom stereocenters. The Morgan fingerprint density at radius 3 is 2.50 bits per heavy atom. The van der Waals surface area contributed by atoms with Crippen LogP contribution in [0.5, 0.6) is 0 Å². The minimum absolute atomic E-state index is 0.0769. The van der Waals surface area contributed by atoms with Crippen molar-refractivity contribution in [3.05, 3.63) is 39.4 Å². The number of nitro benzene ring substituents is 1. The number of non-ortho nitro benzene ring substituents is 1. The first kappa shape index (κ1) is 12.6. The van der Waals surface area contributed by atoms with Crippen molar-refractivity contribution in [3.8, 4) is 0 Å². The number of nitrogens with zero attached hydrogens (tertiary/aromatic N) is 1. The van der Waals surface area contributed by atoms with Gasteiger partial charge < -0.3 is 15.3 Å². The number of nitro groups is 1. The average Bonchev–Trinajstić information content (AvgIpc) is 2.26. The molecule has 0 aliphatic rings. The molecule has 1 aromatic carbocycles. The number of benzene rings is 1. The van der Waals surface area contributed by atoms with Crippen LogP contribution in [0.25, 0.3) is 0 Å². The second-order valence-electron chi connectivity index (χ2n) is 3.49. The van der Waals surface area contributed by atoms with Crippen LogP contribution in [-0.2, 0) is 0 Å². The lowest BCUT2D eigenvalue weighted by Crippen LogP contribution is -2.22. The van der Waals surface area contributed by atoms with Gasteiger partial charge in [0.15, 0.2) is 0 Å². The fraction of sp³-hybridized carbons (Fsp3) is 0.400. The van der Waals surface area contributed by atoms with Gasteiger partial charge in [0.1, 0.15) is 12.2 Å². The van der Waals surface area contributed by atoms with Gasteiger partial charge in [-0.2, -0.15) is 0 Å². The SMILES string of the molecule is Cc1cc([N+](=O)[O-])ccc1C(O)C(O)CO. The Morgan fingerprint density at radius 1 is 1.44 bits per heavy atom. The molecule has 0 heterocycles. The van der Waals surface area contributed by atoms with Crippen molar-refractivity contribution in [2.24, 2.45) is 0 Å². The highest BCUT2D eigenvalue weighted by Gasteiger charge is 2.20. The van der Waals surface area contributed by atoms with E-state index in [1.54, 1.807) is 6.92 Å². The summed E-state index contributed by atoms with van der Waals surface area (Å²) >= 11 is 0. The summed E-state index contributed by atoms with van der Waals surface area (Å²) in [5, 5.41) is 38.0. The number of aliphatic hydroxyl groups is 3. The van der Waals surface area contributed by atoms with Crippen molar-refractivity contribution in [1.29, 1.82) is 0 Å². The summed E-state index contributed by atoms with van der Waals surface area (Å²) < 4.78 is 0.